The van der Waals surface area contributed by atoms with Crippen LogP contribution in [0.1, 0.15) is 36.2 Å². The molecule has 0 aliphatic carbocycles. The lowest BCUT2D eigenvalue weighted by Crippen LogP contribution is -2.44. The van der Waals surface area contributed by atoms with Crippen molar-refractivity contribution in [1.82, 2.24) is 10.4 Å². The van der Waals surface area contributed by atoms with Gasteiger partial charge in [0.1, 0.15) is 0 Å². The van der Waals surface area contributed by atoms with Crippen molar-refractivity contribution in [3.63, 3.8) is 0 Å². The van der Waals surface area contributed by atoms with E-state index in [1.807, 2.05) is 19.9 Å². The van der Waals surface area contributed by atoms with Crippen LogP contribution in [-0.2, 0) is 4.79 Å². The predicted octanol–water partition coefficient (Wildman–Crippen LogP) is 5.84. The number of rotatable bonds is 8. The standard InChI is InChI=1S/C22H20BrClN2O4S2/c1-3-9-30-19-16(23)10-13(11-17(19)29-4-2)12-18-21(28)26(22(31)32-18)25-20(27)14-5-7-15(24)8-6-14/h5-8,10-12H,3-4,9H2,1-2H3,(H,25,27)/b18-12-. The Labute approximate surface area is 209 Å². The molecule has 1 aliphatic heterocycles. The van der Waals surface area contributed by atoms with E-state index in [0.29, 0.717) is 40.2 Å². The number of thiocarbonyl (C=S) groups is 1. The molecule has 10 heteroatoms. The molecule has 0 saturated carbocycles. The van der Waals surface area contributed by atoms with E-state index in [-0.39, 0.29) is 4.32 Å². The van der Waals surface area contributed by atoms with Gasteiger partial charge in [0.2, 0.25) is 0 Å². The highest BCUT2D eigenvalue weighted by molar-refractivity contribution is 9.10. The Balaban J connectivity index is 1.82. The third-order valence-corrected chi connectivity index (χ3v) is 6.34. The molecule has 0 spiro atoms. The lowest BCUT2D eigenvalue weighted by atomic mass is 10.2. The van der Waals surface area contributed by atoms with Crippen molar-refractivity contribution in [2.75, 3.05) is 13.2 Å². The molecular formula is C22H20BrClN2O4S2. The minimum Gasteiger partial charge on any atom is -0.490 e. The van der Waals surface area contributed by atoms with Gasteiger partial charge in [-0.1, -0.05) is 30.3 Å². The second kappa shape index (κ2) is 11.2. The van der Waals surface area contributed by atoms with Gasteiger partial charge in [-0.3, -0.25) is 15.0 Å². The maximum Gasteiger partial charge on any atom is 0.285 e. The molecule has 168 valence electrons. The molecule has 6 nitrogen and oxygen atoms in total. The molecule has 1 saturated heterocycles. The zero-order chi connectivity index (χ0) is 23.3. The number of hydrogen-bond acceptors (Lipinski definition) is 6. The molecule has 0 unspecified atom stereocenters. The Morgan fingerprint density at radius 3 is 2.62 bits per heavy atom. The summed E-state index contributed by atoms with van der Waals surface area (Å²) in [5.74, 6) is 0.322. The smallest absolute Gasteiger partial charge is 0.285 e. The van der Waals surface area contributed by atoms with E-state index in [9.17, 15) is 9.59 Å². The van der Waals surface area contributed by atoms with Gasteiger partial charge in [0, 0.05) is 10.6 Å². The molecule has 32 heavy (non-hydrogen) atoms. The first-order chi connectivity index (χ1) is 15.3. The van der Waals surface area contributed by atoms with Crippen LogP contribution in [0.5, 0.6) is 11.5 Å². The van der Waals surface area contributed by atoms with E-state index in [0.717, 1.165) is 33.2 Å². The Morgan fingerprint density at radius 2 is 1.97 bits per heavy atom. The topological polar surface area (TPSA) is 67.9 Å². The molecule has 1 fully saturated rings. The maximum absolute atomic E-state index is 12.9. The maximum atomic E-state index is 12.9. The van der Waals surface area contributed by atoms with E-state index in [4.69, 9.17) is 33.3 Å². The number of ether oxygens (including phenoxy) is 2. The second-order valence-electron chi connectivity index (χ2n) is 6.58. The zero-order valence-corrected chi connectivity index (χ0v) is 21.3. The highest BCUT2D eigenvalue weighted by atomic mass is 79.9. The van der Waals surface area contributed by atoms with Crippen molar-refractivity contribution in [3.05, 3.63) is 61.9 Å². The molecule has 3 rings (SSSR count). The van der Waals surface area contributed by atoms with Crippen LogP contribution < -0.4 is 14.9 Å². The van der Waals surface area contributed by atoms with Crippen LogP contribution in [0.15, 0.2) is 45.8 Å². The number of carbonyl (C=O) groups is 2. The number of nitrogens with zero attached hydrogens (tertiary/aromatic N) is 1. The van der Waals surface area contributed by atoms with E-state index in [2.05, 4.69) is 21.4 Å². The molecular weight excluding hydrogens is 536 g/mol. The SMILES string of the molecule is CCCOc1c(Br)cc(/C=C2\SC(=S)N(NC(=O)c3ccc(Cl)cc3)C2=O)cc1OCC. The first-order valence-electron chi connectivity index (χ1n) is 9.77. The van der Waals surface area contributed by atoms with Crippen molar-refractivity contribution in [3.8, 4) is 11.5 Å². The van der Waals surface area contributed by atoms with Gasteiger partial charge in [-0.05, 0) is 89.5 Å². The van der Waals surface area contributed by atoms with Crippen molar-refractivity contribution >= 4 is 73.7 Å². The molecule has 1 heterocycles. The number of hydrogen-bond donors (Lipinski definition) is 1. The van der Waals surface area contributed by atoms with Crippen LogP contribution in [0, 0.1) is 0 Å². The van der Waals surface area contributed by atoms with Crippen molar-refractivity contribution < 1.29 is 19.1 Å². The molecule has 2 amide bonds. The average Bonchev–Trinajstić information content (AvgIpc) is 3.01. The lowest BCUT2D eigenvalue weighted by Gasteiger charge is -2.15. The predicted molar refractivity (Wildman–Crippen MR) is 135 cm³/mol. The molecule has 1 N–H and O–H groups in total. The van der Waals surface area contributed by atoms with Crippen LogP contribution in [-0.4, -0.2) is 34.4 Å². The average molecular weight is 556 g/mol. The van der Waals surface area contributed by atoms with E-state index < -0.39 is 11.8 Å². The third kappa shape index (κ3) is 5.83. The number of nitrogens with one attached hydrogen (secondary N) is 1. The first kappa shape index (κ1) is 24.6. The summed E-state index contributed by atoms with van der Waals surface area (Å²) in [6, 6.07) is 9.98. The molecule has 2 aromatic rings. The fraction of sp³-hybridized carbons (Fsp3) is 0.227. The highest BCUT2D eigenvalue weighted by Gasteiger charge is 2.34. The van der Waals surface area contributed by atoms with Crippen molar-refractivity contribution in [2.45, 2.75) is 20.3 Å². The monoisotopic (exact) mass is 554 g/mol. The zero-order valence-electron chi connectivity index (χ0n) is 17.3. The number of amides is 2. The van der Waals surface area contributed by atoms with Gasteiger partial charge in [-0.2, -0.15) is 5.01 Å². The van der Waals surface area contributed by atoms with E-state index in [1.54, 1.807) is 36.4 Å². The Kier molecular flexibility index (Phi) is 8.58. The summed E-state index contributed by atoms with van der Waals surface area (Å²) >= 11 is 15.8. The number of carbonyl (C=O) groups excluding carboxylic acids is 2. The van der Waals surface area contributed by atoms with Crippen LogP contribution in [0.3, 0.4) is 0 Å². The third-order valence-electron chi connectivity index (χ3n) is 4.19. The molecule has 0 atom stereocenters. The Hall–Kier alpha value is -2.07. The van der Waals surface area contributed by atoms with Gasteiger partial charge in [0.25, 0.3) is 11.8 Å². The molecule has 0 radical (unpaired) electrons. The van der Waals surface area contributed by atoms with E-state index in [1.165, 1.54) is 0 Å². The number of hydrazine groups is 1. The Morgan fingerprint density at radius 1 is 1.25 bits per heavy atom. The van der Waals surface area contributed by atoms with Crippen LogP contribution >= 0.6 is 51.5 Å². The first-order valence-corrected chi connectivity index (χ1v) is 12.2. The summed E-state index contributed by atoms with van der Waals surface area (Å²) in [7, 11) is 0. The van der Waals surface area contributed by atoms with Gasteiger partial charge >= 0.3 is 0 Å². The van der Waals surface area contributed by atoms with Gasteiger partial charge in [-0.15, -0.1) is 0 Å². The summed E-state index contributed by atoms with van der Waals surface area (Å²) in [4.78, 5) is 25.7. The van der Waals surface area contributed by atoms with Gasteiger partial charge in [-0.25, -0.2) is 0 Å². The lowest BCUT2D eigenvalue weighted by molar-refractivity contribution is -0.123. The normalized spacial score (nSPS) is 14.8. The molecule has 2 aromatic carbocycles. The number of benzene rings is 2. The van der Waals surface area contributed by atoms with Crippen LogP contribution in [0.4, 0.5) is 0 Å². The van der Waals surface area contributed by atoms with Crippen molar-refractivity contribution in [1.29, 1.82) is 0 Å². The minimum absolute atomic E-state index is 0.232. The van der Waals surface area contributed by atoms with Crippen molar-refractivity contribution in [2.24, 2.45) is 0 Å². The molecule has 0 aromatic heterocycles. The fourth-order valence-electron chi connectivity index (χ4n) is 2.76. The highest BCUT2D eigenvalue weighted by Crippen LogP contribution is 2.39. The Bertz CT molecular complexity index is 1080. The fourth-order valence-corrected chi connectivity index (χ4v) is 4.64. The quantitative estimate of drug-likeness (QED) is 0.326. The molecule has 1 aliphatic rings. The van der Waals surface area contributed by atoms with Gasteiger partial charge in [0.15, 0.2) is 15.8 Å². The summed E-state index contributed by atoms with van der Waals surface area (Å²) < 4.78 is 12.5. The number of halogens is 2. The van der Waals surface area contributed by atoms with Gasteiger partial charge in [0.05, 0.1) is 22.6 Å². The summed E-state index contributed by atoms with van der Waals surface area (Å²) in [5.41, 5.74) is 3.64. The minimum atomic E-state index is -0.460. The number of thioether (sulfide) groups is 1. The van der Waals surface area contributed by atoms with Gasteiger partial charge < -0.3 is 9.47 Å². The molecule has 0 bridgehead atoms. The largest absolute Gasteiger partial charge is 0.490 e. The summed E-state index contributed by atoms with van der Waals surface area (Å²) in [6.07, 6.45) is 2.56. The van der Waals surface area contributed by atoms with E-state index >= 15 is 0 Å². The summed E-state index contributed by atoms with van der Waals surface area (Å²) in [6.45, 7) is 4.94. The van der Waals surface area contributed by atoms with Crippen LogP contribution in [0.25, 0.3) is 6.08 Å². The summed E-state index contributed by atoms with van der Waals surface area (Å²) in [5, 5.41) is 1.58. The van der Waals surface area contributed by atoms with Crippen LogP contribution in [0.2, 0.25) is 5.02 Å². The second-order valence-corrected chi connectivity index (χ2v) is 9.54.